The zero-order valence-electron chi connectivity index (χ0n) is 10.3. The third-order valence-electron chi connectivity index (χ3n) is 3.74. The van der Waals surface area contributed by atoms with Gasteiger partial charge in [-0.1, -0.05) is 13.8 Å². The van der Waals surface area contributed by atoms with E-state index in [1.807, 2.05) is 11.8 Å². The molecule has 0 saturated carbocycles. The van der Waals surface area contributed by atoms with Crippen LogP contribution in [0.25, 0.3) is 0 Å². The highest BCUT2D eigenvalue weighted by atomic mass is 16.5. The van der Waals surface area contributed by atoms with Crippen molar-refractivity contribution in [2.45, 2.75) is 38.8 Å². The molecule has 2 aliphatic heterocycles. The highest BCUT2D eigenvalue weighted by molar-refractivity contribution is 5.76. The fraction of sp³-hybridized carbons (Fsp3) is 0.917. The number of morpholine rings is 1. The molecule has 92 valence electrons. The molecular weight excluding hydrogens is 204 g/mol. The Balaban J connectivity index is 2.01. The average molecular weight is 226 g/mol. The summed E-state index contributed by atoms with van der Waals surface area (Å²) in [7, 11) is 0. The van der Waals surface area contributed by atoms with Crippen LogP contribution in [-0.4, -0.2) is 60.6 Å². The molecule has 0 aromatic heterocycles. The van der Waals surface area contributed by atoms with Crippen LogP contribution in [0.4, 0.5) is 0 Å². The van der Waals surface area contributed by atoms with Gasteiger partial charge in [0, 0.05) is 26.1 Å². The first kappa shape index (κ1) is 11.9. The van der Waals surface area contributed by atoms with E-state index in [-0.39, 0.29) is 12.0 Å². The zero-order valence-corrected chi connectivity index (χ0v) is 10.3. The van der Waals surface area contributed by atoms with Gasteiger partial charge in [0.25, 0.3) is 0 Å². The molecule has 0 aromatic carbocycles. The SMILES string of the molecule is CCC(=O)N1CCO[C@H]2CN(CC)CC[C@H]21. The second kappa shape index (κ2) is 5.15. The number of carbonyl (C=O) groups excluding carboxylic acids is 1. The first-order chi connectivity index (χ1) is 7.76. The third kappa shape index (κ3) is 2.23. The predicted octanol–water partition coefficient (Wildman–Crippen LogP) is 0.718. The van der Waals surface area contributed by atoms with Gasteiger partial charge in [-0.15, -0.1) is 0 Å². The predicted molar refractivity (Wildman–Crippen MR) is 62.3 cm³/mol. The highest BCUT2D eigenvalue weighted by Gasteiger charge is 2.37. The van der Waals surface area contributed by atoms with Crippen molar-refractivity contribution in [2.75, 3.05) is 32.8 Å². The minimum absolute atomic E-state index is 0.234. The summed E-state index contributed by atoms with van der Waals surface area (Å²) in [6.45, 7) is 8.74. The lowest BCUT2D eigenvalue weighted by molar-refractivity contribution is -0.152. The normalized spacial score (nSPS) is 31.2. The number of carbonyl (C=O) groups is 1. The maximum Gasteiger partial charge on any atom is 0.222 e. The first-order valence-electron chi connectivity index (χ1n) is 6.39. The Morgan fingerprint density at radius 1 is 1.38 bits per heavy atom. The van der Waals surface area contributed by atoms with Crippen LogP contribution in [-0.2, 0) is 9.53 Å². The Bertz CT molecular complexity index is 257. The number of likely N-dealkylation sites (N-methyl/N-ethyl adjacent to an activating group) is 1. The van der Waals surface area contributed by atoms with Gasteiger partial charge in [0.2, 0.25) is 5.91 Å². The van der Waals surface area contributed by atoms with E-state index >= 15 is 0 Å². The van der Waals surface area contributed by atoms with E-state index in [0.29, 0.717) is 19.1 Å². The Kier molecular flexibility index (Phi) is 3.82. The van der Waals surface area contributed by atoms with Gasteiger partial charge in [0.05, 0.1) is 18.8 Å². The van der Waals surface area contributed by atoms with Crippen molar-refractivity contribution in [3.8, 4) is 0 Å². The first-order valence-corrected chi connectivity index (χ1v) is 6.39. The molecule has 0 unspecified atom stereocenters. The summed E-state index contributed by atoms with van der Waals surface area (Å²) in [6, 6.07) is 0.323. The summed E-state index contributed by atoms with van der Waals surface area (Å²) in [5.74, 6) is 0.281. The third-order valence-corrected chi connectivity index (χ3v) is 3.74. The molecule has 2 atom stereocenters. The Labute approximate surface area is 97.5 Å². The van der Waals surface area contributed by atoms with Crippen molar-refractivity contribution in [3.63, 3.8) is 0 Å². The zero-order chi connectivity index (χ0) is 11.5. The minimum Gasteiger partial charge on any atom is -0.373 e. The van der Waals surface area contributed by atoms with Gasteiger partial charge in [-0.05, 0) is 13.0 Å². The van der Waals surface area contributed by atoms with Gasteiger partial charge in [-0.25, -0.2) is 0 Å². The van der Waals surface area contributed by atoms with Crippen molar-refractivity contribution in [2.24, 2.45) is 0 Å². The van der Waals surface area contributed by atoms with Gasteiger partial charge in [0.15, 0.2) is 0 Å². The van der Waals surface area contributed by atoms with Crippen LogP contribution in [0.3, 0.4) is 0 Å². The molecule has 0 aromatic rings. The molecule has 2 aliphatic rings. The molecule has 0 spiro atoms. The van der Waals surface area contributed by atoms with Crippen LogP contribution in [0, 0.1) is 0 Å². The molecule has 2 heterocycles. The van der Waals surface area contributed by atoms with Crippen LogP contribution in [0.1, 0.15) is 26.7 Å². The molecule has 2 fully saturated rings. The van der Waals surface area contributed by atoms with Gasteiger partial charge in [-0.3, -0.25) is 4.79 Å². The van der Waals surface area contributed by atoms with Gasteiger partial charge in [0.1, 0.15) is 0 Å². The lowest BCUT2D eigenvalue weighted by atomic mass is 9.98. The van der Waals surface area contributed by atoms with E-state index < -0.39 is 0 Å². The second-order valence-corrected chi connectivity index (χ2v) is 4.60. The number of amides is 1. The Morgan fingerprint density at radius 2 is 2.19 bits per heavy atom. The molecule has 4 nitrogen and oxygen atoms in total. The number of piperidine rings is 1. The maximum absolute atomic E-state index is 11.8. The smallest absolute Gasteiger partial charge is 0.222 e. The van der Waals surface area contributed by atoms with Crippen LogP contribution < -0.4 is 0 Å². The fourth-order valence-corrected chi connectivity index (χ4v) is 2.76. The molecular formula is C12H22N2O2. The number of fused-ring (bicyclic) bond motifs is 1. The summed E-state index contributed by atoms with van der Waals surface area (Å²) < 4.78 is 5.80. The summed E-state index contributed by atoms with van der Waals surface area (Å²) in [4.78, 5) is 16.3. The standard InChI is InChI=1S/C12H22N2O2/c1-3-12(15)14-7-8-16-11-9-13(4-2)6-5-10(11)14/h10-11H,3-9H2,1-2H3/t10-,11+/m1/s1. The van der Waals surface area contributed by atoms with E-state index in [1.165, 1.54) is 0 Å². The average Bonchev–Trinajstić information content (AvgIpc) is 2.36. The largest absolute Gasteiger partial charge is 0.373 e. The highest BCUT2D eigenvalue weighted by Crippen LogP contribution is 2.23. The summed E-state index contributed by atoms with van der Waals surface area (Å²) in [6.07, 6.45) is 1.91. The van der Waals surface area contributed by atoms with Crippen molar-refractivity contribution in [3.05, 3.63) is 0 Å². The van der Waals surface area contributed by atoms with Crippen LogP contribution in [0.15, 0.2) is 0 Å². The van der Waals surface area contributed by atoms with Gasteiger partial charge < -0.3 is 14.5 Å². The van der Waals surface area contributed by atoms with Gasteiger partial charge >= 0.3 is 0 Å². The Morgan fingerprint density at radius 3 is 2.88 bits per heavy atom. The van der Waals surface area contributed by atoms with Crippen molar-refractivity contribution < 1.29 is 9.53 Å². The number of hydrogen-bond acceptors (Lipinski definition) is 3. The summed E-state index contributed by atoms with van der Waals surface area (Å²) in [5, 5.41) is 0. The molecule has 2 saturated heterocycles. The minimum atomic E-state index is 0.234. The molecule has 0 bridgehead atoms. The topological polar surface area (TPSA) is 32.8 Å². The number of hydrogen-bond donors (Lipinski definition) is 0. The van der Waals surface area contributed by atoms with Crippen LogP contribution in [0.5, 0.6) is 0 Å². The number of nitrogens with zero attached hydrogens (tertiary/aromatic N) is 2. The lowest BCUT2D eigenvalue weighted by Gasteiger charge is -2.46. The van der Waals surface area contributed by atoms with E-state index in [2.05, 4.69) is 11.8 Å². The van der Waals surface area contributed by atoms with Crippen LogP contribution in [0.2, 0.25) is 0 Å². The quantitative estimate of drug-likeness (QED) is 0.695. The maximum atomic E-state index is 11.8. The number of likely N-dealkylation sites (tertiary alicyclic amines) is 1. The molecule has 0 aliphatic carbocycles. The number of ether oxygens (including phenoxy) is 1. The van der Waals surface area contributed by atoms with E-state index in [0.717, 1.165) is 32.6 Å². The fourth-order valence-electron chi connectivity index (χ4n) is 2.76. The molecule has 16 heavy (non-hydrogen) atoms. The van der Waals surface area contributed by atoms with Crippen molar-refractivity contribution in [1.82, 2.24) is 9.80 Å². The van der Waals surface area contributed by atoms with E-state index in [4.69, 9.17) is 4.74 Å². The van der Waals surface area contributed by atoms with E-state index in [9.17, 15) is 4.79 Å². The van der Waals surface area contributed by atoms with E-state index in [1.54, 1.807) is 0 Å². The Hall–Kier alpha value is -0.610. The van der Waals surface area contributed by atoms with Gasteiger partial charge in [-0.2, -0.15) is 0 Å². The second-order valence-electron chi connectivity index (χ2n) is 4.60. The molecule has 4 heteroatoms. The molecule has 2 rings (SSSR count). The van der Waals surface area contributed by atoms with Crippen LogP contribution >= 0.6 is 0 Å². The lowest BCUT2D eigenvalue weighted by Crippen LogP contribution is -2.60. The number of rotatable bonds is 2. The summed E-state index contributed by atoms with van der Waals surface area (Å²) >= 11 is 0. The molecule has 1 amide bonds. The monoisotopic (exact) mass is 226 g/mol. The van der Waals surface area contributed by atoms with Crippen molar-refractivity contribution >= 4 is 5.91 Å². The molecule has 0 N–H and O–H groups in total. The molecule has 0 radical (unpaired) electrons. The summed E-state index contributed by atoms with van der Waals surface area (Å²) in [5.41, 5.74) is 0. The van der Waals surface area contributed by atoms with Crippen molar-refractivity contribution in [1.29, 1.82) is 0 Å².